The Labute approximate surface area is 104 Å². The van der Waals surface area contributed by atoms with E-state index in [1.807, 2.05) is 13.8 Å². The molecule has 0 heterocycles. The van der Waals surface area contributed by atoms with Crippen LogP contribution in [0.2, 0.25) is 0 Å². The first-order valence-corrected chi connectivity index (χ1v) is 6.19. The van der Waals surface area contributed by atoms with Gasteiger partial charge in [0.25, 0.3) is 0 Å². The molecular formula is C12H17BrFNO. The lowest BCUT2D eigenvalue weighted by atomic mass is 10.1. The molecule has 1 unspecified atom stereocenters. The molecule has 2 nitrogen and oxygen atoms in total. The highest BCUT2D eigenvalue weighted by molar-refractivity contribution is 9.10. The number of hydrogen-bond donors (Lipinski definition) is 2. The molecule has 4 heteroatoms. The second kappa shape index (κ2) is 6.33. The molecule has 0 amide bonds. The van der Waals surface area contributed by atoms with E-state index in [0.717, 1.165) is 12.0 Å². The van der Waals surface area contributed by atoms with Crippen molar-refractivity contribution in [2.75, 3.05) is 6.61 Å². The van der Waals surface area contributed by atoms with Crippen molar-refractivity contribution in [3.05, 3.63) is 34.1 Å². The normalized spacial score (nSPS) is 14.8. The van der Waals surface area contributed by atoms with Gasteiger partial charge in [0, 0.05) is 12.1 Å². The van der Waals surface area contributed by atoms with Crippen LogP contribution in [0.15, 0.2) is 22.7 Å². The van der Waals surface area contributed by atoms with Crippen molar-refractivity contribution in [1.82, 2.24) is 5.32 Å². The number of hydrogen-bond acceptors (Lipinski definition) is 2. The van der Waals surface area contributed by atoms with E-state index < -0.39 is 0 Å². The number of benzene rings is 1. The maximum atomic E-state index is 13.0. The summed E-state index contributed by atoms with van der Waals surface area (Å²) in [6.45, 7) is 4.13. The van der Waals surface area contributed by atoms with Crippen molar-refractivity contribution in [3.8, 4) is 0 Å². The van der Waals surface area contributed by atoms with Crippen molar-refractivity contribution in [2.24, 2.45) is 0 Å². The van der Waals surface area contributed by atoms with Gasteiger partial charge < -0.3 is 10.4 Å². The second-order valence-corrected chi connectivity index (χ2v) is 4.70. The number of halogens is 2. The Morgan fingerprint density at radius 3 is 2.69 bits per heavy atom. The Morgan fingerprint density at radius 2 is 2.19 bits per heavy atom. The van der Waals surface area contributed by atoms with Crippen LogP contribution in [-0.2, 0) is 0 Å². The first-order chi connectivity index (χ1) is 7.58. The van der Waals surface area contributed by atoms with E-state index in [4.69, 9.17) is 5.11 Å². The van der Waals surface area contributed by atoms with Gasteiger partial charge in [-0.2, -0.15) is 0 Å². The summed E-state index contributed by atoms with van der Waals surface area (Å²) in [6.07, 6.45) is 0.864. The number of nitrogens with one attached hydrogen (secondary N) is 1. The van der Waals surface area contributed by atoms with Gasteiger partial charge in [-0.25, -0.2) is 4.39 Å². The van der Waals surface area contributed by atoms with Gasteiger partial charge >= 0.3 is 0 Å². The van der Waals surface area contributed by atoms with Crippen LogP contribution in [-0.4, -0.2) is 17.8 Å². The van der Waals surface area contributed by atoms with Crippen LogP contribution < -0.4 is 5.32 Å². The third-order valence-corrected chi connectivity index (χ3v) is 3.25. The largest absolute Gasteiger partial charge is 0.395 e. The van der Waals surface area contributed by atoms with Gasteiger partial charge in [0.2, 0.25) is 0 Å². The Kier molecular flexibility index (Phi) is 5.38. The van der Waals surface area contributed by atoms with Crippen molar-refractivity contribution in [3.63, 3.8) is 0 Å². The first-order valence-electron chi connectivity index (χ1n) is 5.40. The zero-order chi connectivity index (χ0) is 12.1. The van der Waals surface area contributed by atoms with Gasteiger partial charge in [0.1, 0.15) is 5.82 Å². The summed E-state index contributed by atoms with van der Waals surface area (Å²) in [5, 5.41) is 12.4. The SMILES string of the molecule is CC[C@H](CO)NC(C)c1ccc(F)c(Br)c1. The van der Waals surface area contributed by atoms with E-state index in [-0.39, 0.29) is 24.5 Å². The lowest BCUT2D eigenvalue weighted by Crippen LogP contribution is -2.33. The molecule has 0 saturated carbocycles. The van der Waals surface area contributed by atoms with Crippen LogP contribution in [0.1, 0.15) is 31.9 Å². The summed E-state index contributed by atoms with van der Waals surface area (Å²) in [4.78, 5) is 0. The summed E-state index contributed by atoms with van der Waals surface area (Å²) in [5.41, 5.74) is 1.00. The highest BCUT2D eigenvalue weighted by Crippen LogP contribution is 2.21. The molecule has 0 bridgehead atoms. The summed E-state index contributed by atoms with van der Waals surface area (Å²) >= 11 is 3.16. The van der Waals surface area contributed by atoms with E-state index in [1.165, 1.54) is 6.07 Å². The van der Waals surface area contributed by atoms with Crippen LogP contribution >= 0.6 is 15.9 Å². The van der Waals surface area contributed by atoms with Crippen molar-refractivity contribution < 1.29 is 9.50 Å². The quantitative estimate of drug-likeness (QED) is 0.873. The molecule has 1 rings (SSSR count). The maximum absolute atomic E-state index is 13.0. The van der Waals surface area contributed by atoms with E-state index in [0.29, 0.717) is 4.47 Å². The minimum absolute atomic E-state index is 0.0822. The fourth-order valence-electron chi connectivity index (χ4n) is 1.53. The van der Waals surface area contributed by atoms with Gasteiger partial charge in [0.15, 0.2) is 0 Å². The zero-order valence-electron chi connectivity index (χ0n) is 9.50. The smallest absolute Gasteiger partial charge is 0.137 e. The van der Waals surface area contributed by atoms with Gasteiger partial charge in [-0.3, -0.25) is 0 Å². The van der Waals surface area contributed by atoms with Crippen molar-refractivity contribution >= 4 is 15.9 Å². The molecule has 1 aromatic carbocycles. The third-order valence-electron chi connectivity index (χ3n) is 2.64. The van der Waals surface area contributed by atoms with Gasteiger partial charge in [-0.15, -0.1) is 0 Å². The Bertz CT molecular complexity index is 342. The van der Waals surface area contributed by atoms with Crippen LogP contribution in [0.4, 0.5) is 4.39 Å². The molecule has 1 aromatic rings. The lowest BCUT2D eigenvalue weighted by molar-refractivity contribution is 0.230. The molecule has 0 fully saturated rings. The standard InChI is InChI=1S/C12H17BrFNO/c1-3-10(7-16)15-8(2)9-4-5-12(14)11(13)6-9/h4-6,8,10,15-16H,3,7H2,1-2H3/t8?,10-/m1/s1. The molecule has 0 spiro atoms. The highest BCUT2D eigenvalue weighted by atomic mass is 79.9. The highest BCUT2D eigenvalue weighted by Gasteiger charge is 2.12. The van der Waals surface area contributed by atoms with Crippen LogP contribution in [0.3, 0.4) is 0 Å². The Balaban J connectivity index is 2.72. The molecule has 0 aliphatic rings. The van der Waals surface area contributed by atoms with Gasteiger partial charge in [-0.1, -0.05) is 13.0 Å². The molecule has 0 aliphatic heterocycles. The van der Waals surface area contributed by atoms with Gasteiger partial charge in [-0.05, 0) is 47.0 Å². The minimum Gasteiger partial charge on any atom is -0.395 e. The summed E-state index contributed by atoms with van der Waals surface area (Å²) in [7, 11) is 0. The Hall–Kier alpha value is -0.450. The fourth-order valence-corrected chi connectivity index (χ4v) is 1.93. The van der Waals surface area contributed by atoms with Crippen LogP contribution in [0, 0.1) is 5.82 Å². The Morgan fingerprint density at radius 1 is 1.50 bits per heavy atom. The van der Waals surface area contributed by atoms with E-state index >= 15 is 0 Å². The van der Waals surface area contributed by atoms with Crippen molar-refractivity contribution in [1.29, 1.82) is 0 Å². The summed E-state index contributed by atoms with van der Waals surface area (Å²) < 4.78 is 13.5. The van der Waals surface area contributed by atoms with Crippen LogP contribution in [0.25, 0.3) is 0 Å². The van der Waals surface area contributed by atoms with E-state index in [9.17, 15) is 4.39 Å². The van der Waals surface area contributed by atoms with E-state index in [2.05, 4.69) is 21.2 Å². The average molecular weight is 290 g/mol. The monoisotopic (exact) mass is 289 g/mol. The summed E-state index contributed by atoms with van der Waals surface area (Å²) in [5.74, 6) is -0.259. The molecule has 0 radical (unpaired) electrons. The molecular weight excluding hydrogens is 273 g/mol. The first kappa shape index (κ1) is 13.6. The van der Waals surface area contributed by atoms with Crippen molar-refractivity contribution in [2.45, 2.75) is 32.4 Å². The summed E-state index contributed by atoms with van der Waals surface area (Å²) in [6, 6.07) is 5.13. The predicted molar refractivity (Wildman–Crippen MR) is 66.8 cm³/mol. The second-order valence-electron chi connectivity index (χ2n) is 3.85. The van der Waals surface area contributed by atoms with E-state index in [1.54, 1.807) is 12.1 Å². The maximum Gasteiger partial charge on any atom is 0.137 e. The average Bonchev–Trinajstić information content (AvgIpc) is 2.29. The molecule has 0 saturated heterocycles. The fraction of sp³-hybridized carbons (Fsp3) is 0.500. The number of aliphatic hydroxyl groups excluding tert-OH is 1. The third kappa shape index (κ3) is 3.54. The molecule has 0 aromatic heterocycles. The molecule has 90 valence electrons. The molecule has 16 heavy (non-hydrogen) atoms. The molecule has 2 N–H and O–H groups in total. The minimum atomic E-state index is -0.259. The zero-order valence-corrected chi connectivity index (χ0v) is 11.1. The number of rotatable bonds is 5. The predicted octanol–water partition coefficient (Wildman–Crippen LogP) is 3.01. The van der Waals surface area contributed by atoms with Crippen LogP contribution in [0.5, 0.6) is 0 Å². The topological polar surface area (TPSA) is 32.3 Å². The number of aliphatic hydroxyl groups is 1. The molecule has 0 aliphatic carbocycles. The van der Waals surface area contributed by atoms with Gasteiger partial charge in [0.05, 0.1) is 11.1 Å². The lowest BCUT2D eigenvalue weighted by Gasteiger charge is -2.21. The molecule has 2 atom stereocenters.